The van der Waals surface area contributed by atoms with Gasteiger partial charge in [-0.15, -0.1) is 0 Å². The van der Waals surface area contributed by atoms with E-state index in [9.17, 15) is 0 Å². The summed E-state index contributed by atoms with van der Waals surface area (Å²) in [4.78, 5) is 0. The summed E-state index contributed by atoms with van der Waals surface area (Å²) in [5.41, 5.74) is 0. The third kappa shape index (κ3) is 17.7. The van der Waals surface area contributed by atoms with Crippen LogP contribution in [0.1, 0.15) is 25.7 Å². The van der Waals surface area contributed by atoms with Crippen LogP contribution in [0.5, 0.6) is 0 Å². The average Bonchev–Trinajstić information content (AvgIpc) is 1.94. The molecule has 0 atom stereocenters. The van der Waals surface area contributed by atoms with Gasteiger partial charge in [0.05, 0.1) is 6.07 Å². The van der Waals surface area contributed by atoms with Crippen molar-refractivity contribution in [3.63, 3.8) is 0 Å². The number of nitriles is 1. The summed E-state index contributed by atoms with van der Waals surface area (Å²) in [6.07, 6.45) is 3.75. The molecule has 0 bridgehead atoms. The fourth-order valence-electron chi connectivity index (χ4n) is 0.381. The van der Waals surface area contributed by atoms with Gasteiger partial charge in [-0.2, -0.15) is 11.7 Å². The predicted octanol–water partition coefficient (Wildman–Crippen LogP) is 2.79. The second-order valence-corrected chi connectivity index (χ2v) is 1.47. The van der Waals surface area contributed by atoms with Crippen LogP contribution >= 0.6 is 19.8 Å². The quantitative estimate of drug-likeness (QED) is 0.339. The molecule has 0 aliphatic carbocycles. The van der Waals surface area contributed by atoms with E-state index >= 15 is 0 Å². The Balaban J connectivity index is 0. The summed E-state index contributed by atoms with van der Waals surface area (Å²) in [5, 5.41) is 8.02. The van der Waals surface area contributed by atoms with Gasteiger partial charge in [-0.05, 0) is 6.42 Å². The van der Waals surface area contributed by atoms with Crippen molar-refractivity contribution in [2.45, 2.75) is 25.7 Å². The van der Waals surface area contributed by atoms with E-state index in [-0.39, 0.29) is 0 Å². The van der Waals surface area contributed by atoms with Gasteiger partial charge in [0.2, 0.25) is 0 Å². The second-order valence-electron chi connectivity index (χ2n) is 1.47. The van der Waals surface area contributed by atoms with E-state index in [1.807, 2.05) is 0 Å². The molecule has 0 amide bonds. The van der Waals surface area contributed by atoms with Gasteiger partial charge >= 0.3 is 34.5 Å². The SMILES string of the molecule is [CH2-]CCCCC#N.[Zn+][I]. The first-order valence-corrected chi connectivity index (χ1v) is 11.9. The fourth-order valence-corrected chi connectivity index (χ4v) is 0.381. The van der Waals surface area contributed by atoms with Crippen LogP contribution in [0.15, 0.2) is 0 Å². The zero-order valence-corrected chi connectivity index (χ0v) is 10.7. The molecule has 1 nitrogen and oxygen atoms in total. The molecule has 48 valence electrons. The van der Waals surface area contributed by atoms with Crippen molar-refractivity contribution < 1.29 is 14.8 Å². The Labute approximate surface area is 78.1 Å². The molecule has 0 fully saturated rings. The minimum atomic E-state index is 0.690. The van der Waals surface area contributed by atoms with Crippen LogP contribution < -0.4 is 0 Å². The van der Waals surface area contributed by atoms with Gasteiger partial charge in [0.25, 0.3) is 0 Å². The maximum atomic E-state index is 8.02. The van der Waals surface area contributed by atoms with E-state index in [0.717, 1.165) is 19.3 Å². The maximum absolute atomic E-state index is 8.02. The third-order valence-corrected chi connectivity index (χ3v) is 0.789. The Bertz CT molecular complexity index is 69.9. The monoisotopic (exact) mass is 287 g/mol. The second kappa shape index (κ2) is 15.9. The van der Waals surface area contributed by atoms with Crippen molar-refractivity contribution in [2.75, 3.05) is 0 Å². The van der Waals surface area contributed by atoms with Crippen LogP contribution in [0.3, 0.4) is 0 Å². The van der Waals surface area contributed by atoms with Crippen molar-refractivity contribution in [3.8, 4) is 6.07 Å². The van der Waals surface area contributed by atoms with E-state index < -0.39 is 0 Å². The summed E-state index contributed by atoms with van der Waals surface area (Å²) in [7, 11) is 0. The summed E-state index contributed by atoms with van der Waals surface area (Å²) in [6, 6.07) is 2.07. The van der Waals surface area contributed by atoms with Gasteiger partial charge in [0.15, 0.2) is 0 Å². The zero-order valence-electron chi connectivity index (χ0n) is 5.57. The van der Waals surface area contributed by atoms with E-state index in [2.05, 4.69) is 32.7 Å². The molecule has 9 heavy (non-hydrogen) atoms. The van der Waals surface area contributed by atoms with Crippen LogP contribution in [0.2, 0.25) is 0 Å². The number of unbranched alkanes of at least 4 members (excludes halogenated alkanes) is 3. The molecule has 0 rings (SSSR count). The van der Waals surface area contributed by atoms with Gasteiger partial charge < -0.3 is 6.92 Å². The van der Waals surface area contributed by atoms with Crippen LogP contribution in [0.4, 0.5) is 0 Å². The van der Waals surface area contributed by atoms with Gasteiger partial charge in [-0.1, -0.05) is 6.42 Å². The van der Waals surface area contributed by atoms with E-state index in [0.29, 0.717) is 6.42 Å². The van der Waals surface area contributed by atoms with Crippen LogP contribution in [0, 0.1) is 18.3 Å². The van der Waals surface area contributed by atoms with Gasteiger partial charge in [0.1, 0.15) is 0 Å². The normalized spacial score (nSPS) is 7.00. The average molecular weight is 288 g/mol. The summed E-state index contributed by atoms with van der Waals surface area (Å²) < 4.78 is 0. The molecule has 0 aromatic heterocycles. The zero-order chi connectivity index (χ0) is 7.54. The van der Waals surface area contributed by atoms with Gasteiger partial charge in [-0.25, -0.2) is 0 Å². The number of hydrogen-bond acceptors (Lipinski definition) is 1. The van der Waals surface area contributed by atoms with Crippen LogP contribution in [-0.2, 0) is 14.8 Å². The van der Waals surface area contributed by atoms with Gasteiger partial charge in [-0.3, -0.25) is 0 Å². The molecule has 0 aliphatic heterocycles. The summed E-state index contributed by atoms with van der Waals surface area (Å²) in [6.45, 7) is 3.65. The summed E-state index contributed by atoms with van der Waals surface area (Å²) >= 11 is 3.62. The summed E-state index contributed by atoms with van der Waals surface area (Å²) in [5.74, 6) is 0. The number of hydrogen-bond donors (Lipinski definition) is 0. The molecule has 0 heterocycles. The molecule has 0 N–H and O–H groups in total. The topological polar surface area (TPSA) is 23.8 Å². The third-order valence-electron chi connectivity index (χ3n) is 0.789. The van der Waals surface area contributed by atoms with Crippen molar-refractivity contribution in [1.82, 2.24) is 0 Å². The van der Waals surface area contributed by atoms with Crippen LogP contribution in [0.25, 0.3) is 0 Å². The molecule has 0 aliphatic rings. The molecule has 3 heteroatoms. The molecule has 0 saturated carbocycles. The molecular formula is C6H10INZn. The standard InChI is InChI=1S/C6H10N.HI.Zn/c1-2-3-4-5-6-7;;/h1-5H2;1H;/q-1;;+2/p-1. The molecule has 0 spiro atoms. The van der Waals surface area contributed by atoms with Crippen molar-refractivity contribution in [2.24, 2.45) is 0 Å². The Kier molecular flexibility index (Phi) is 22.2. The van der Waals surface area contributed by atoms with E-state index in [4.69, 9.17) is 5.26 Å². The number of rotatable bonds is 3. The van der Waals surface area contributed by atoms with Crippen molar-refractivity contribution >= 4 is 19.8 Å². The minimum absolute atomic E-state index is 0.690. The Morgan fingerprint density at radius 3 is 2.33 bits per heavy atom. The molecular weight excluding hydrogens is 278 g/mol. The van der Waals surface area contributed by atoms with E-state index in [1.54, 1.807) is 0 Å². The first-order valence-electron chi connectivity index (χ1n) is 2.84. The Morgan fingerprint density at radius 1 is 1.44 bits per heavy atom. The molecule has 0 aromatic rings. The molecule has 0 unspecified atom stereocenters. The molecule has 0 radical (unpaired) electrons. The van der Waals surface area contributed by atoms with Crippen molar-refractivity contribution in [3.05, 3.63) is 6.92 Å². The first kappa shape index (κ1) is 12.5. The number of nitrogens with zero attached hydrogens (tertiary/aromatic N) is 1. The Hall–Kier alpha value is 0.843. The number of halogens is 1. The first-order chi connectivity index (χ1) is 4.41. The Morgan fingerprint density at radius 2 is 2.00 bits per heavy atom. The van der Waals surface area contributed by atoms with Crippen molar-refractivity contribution in [1.29, 1.82) is 5.26 Å². The molecule has 0 saturated heterocycles. The van der Waals surface area contributed by atoms with E-state index in [1.165, 1.54) is 14.8 Å². The van der Waals surface area contributed by atoms with Crippen LogP contribution in [-0.4, -0.2) is 0 Å². The molecule has 0 aromatic carbocycles. The van der Waals surface area contributed by atoms with Gasteiger partial charge in [0, 0.05) is 6.42 Å². The predicted molar refractivity (Wildman–Crippen MR) is 43.5 cm³/mol. The fraction of sp³-hybridized carbons (Fsp3) is 0.667.